The first-order chi connectivity index (χ1) is 16.8. The molecule has 1 amide bonds. The van der Waals surface area contributed by atoms with Crippen molar-refractivity contribution < 1.29 is 14.7 Å². The van der Waals surface area contributed by atoms with Crippen molar-refractivity contribution in [3.63, 3.8) is 0 Å². The maximum Gasteiger partial charge on any atom is 0.305 e. The molecule has 0 bridgehead atoms. The van der Waals surface area contributed by atoms with Crippen molar-refractivity contribution in [3.05, 3.63) is 104 Å². The van der Waals surface area contributed by atoms with Gasteiger partial charge in [-0.25, -0.2) is 0 Å². The normalized spacial score (nSPS) is 12.7. The number of unbranched alkanes of at least 4 members (excludes halogenated alkanes) is 1. The Morgan fingerprint density at radius 1 is 1.06 bits per heavy atom. The van der Waals surface area contributed by atoms with Gasteiger partial charge < -0.3 is 15.0 Å². The Morgan fingerprint density at radius 3 is 2.40 bits per heavy atom. The van der Waals surface area contributed by atoms with Crippen molar-refractivity contribution in [2.45, 2.75) is 58.0 Å². The fourth-order valence-corrected chi connectivity index (χ4v) is 4.40. The zero-order valence-corrected chi connectivity index (χ0v) is 20.8. The van der Waals surface area contributed by atoms with Crippen molar-refractivity contribution in [1.29, 1.82) is 0 Å². The molecule has 3 rings (SSSR count). The van der Waals surface area contributed by atoms with Crippen molar-refractivity contribution in [2.75, 3.05) is 0 Å². The third kappa shape index (κ3) is 7.06. The highest BCUT2D eigenvalue weighted by atomic mass is 35.5. The van der Waals surface area contributed by atoms with E-state index in [9.17, 15) is 19.5 Å². The summed E-state index contributed by atoms with van der Waals surface area (Å²) >= 11 is 6.32. The van der Waals surface area contributed by atoms with Crippen molar-refractivity contribution in [2.24, 2.45) is 0 Å². The largest absolute Gasteiger partial charge is 0.481 e. The van der Waals surface area contributed by atoms with Gasteiger partial charge >= 0.3 is 5.97 Å². The minimum Gasteiger partial charge on any atom is -0.481 e. The molecule has 6 nitrogen and oxygen atoms in total. The van der Waals surface area contributed by atoms with Gasteiger partial charge in [0.05, 0.1) is 12.5 Å². The molecular formula is C28H31ClN2O4. The molecule has 0 aliphatic carbocycles. The summed E-state index contributed by atoms with van der Waals surface area (Å²) in [6, 6.07) is 16.8. The van der Waals surface area contributed by atoms with Crippen LogP contribution >= 0.6 is 11.6 Å². The van der Waals surface area contributed by atoms with Gasteiger partial charge in [-0.2, -0.15) is 0 Å². The lowest BCUT2D eigenvalue weighted by molar-refractivity contribution is -0.137. The van der Waals surface area contributed by atoms with Gasteiger partial charge in [-0.3, -0.25) is 14.4 Å². The number of hydrogen-bond acceptors (Lipinski definition) is 3. The number of carboxylic acid groups (broad SMARTS) is 1. The smallest absolute Gasteiger partial charge is 0.305 e. The maximum absolute atomic E-state index is 13.5. The van der Waals surface area contributed by atoms with Crippen LogP contribution in [-0.2, 0) is 16.0 Å². The molecule has 0 saturated carbocycles. The van der Waals surface area contributed by atoms with Crippen LogP contribution in [-0.4, -0.2) is 21.6 Å². The van der Waals surface area contributed by atoms with Gasteiger partial charge in [-0.1, -0.05) is 79.9 Å². The van der Waals surface area contributed by atoms with Crippen LogP contribution in [0.2, 0.25) is 5.02 Å². The average Bonchev–Trinajstić information content (AvgIpc) is 2.83. The van der Waals surface area contributed by atoms with E-state index in [0.29, 0.717) is 29.0 Å². The highest BCUT2D eigenvalue weighted by Gasteiger charge is 2.26. The molecule has 1 heterocycles. The first-order valence-electron chi connectivity index (χ1n) is 11.8. The molecule has 2 aromatic carbocycles. The van der Waals surface area contributed by atoms with E-state index in [-0.39, 0.29) is 17.9 Å². The number of aliphatic carboxylic acids is 1. The van der Waals surface area contributed by atoms with Crippen LogP contribution in [0.15, 0.2) is 71.7 Å². The quantitative estimate of drug-likeness (QED) is 0.370. The number of aromatic nitrogens is 1. The minimum atomic E-state index is -1.01. The highest BCUT2D eigenvalue weighted by molar-refractivity contribution is 6.31. The molecule has 0 radical (unpaired) electrons. The monoisotopic (exact) mass is 494 g/mol. The number of hydrogen-bond donors (Lipinski definition) is 2. The molecule has 35 heavy (non-hydrogen) atoms. The van der Waals surface area contributed by atoms with E-state index in [4.69, 9.17) is 11.6 Å². The van der Waals surface area contributed by atoms with Crippen LogP contribution in [0, 0.1) is 6.92 Å². The molecule has 0 spiro atoms. The lowest BCUT2D eigenvalue weighted by Gasteiger charge is -2.24. The molecule has 0 fully saturated rings. The Bertz CT molecular complexity index is 1220. The number of carbonyl (C=O) groups is 2. The van der Waals surface area contributed by atoms with Gasteiger partial charge in [-0.05, 0) is 42.2 Å². The van der Waals surface area contributed by atoms with E-state index in [1.165, 1.54) is 4.57 Å². The molecule has 1 aromatic heterocycles. The molecule has 7 heteroatoms. The maximum atomic E-state index is 13.5. The number of pyridine rings is 1. The zero-order chi connectivity index (χ0) is 25.4. The number of nitrogens with one attached hydrogen (secondary N) is 1. The highest BCUT2D eigenvalue weighted by Crippen LogP contribution is 2.22. The first kappa shape index (κ1) is 26.2. The summed E-state index contributed by atoms with van der Waals surface area (Å²) < 4.78 is 1.50. The second kappa shape index (κ2) is 12.4. The Kier molecular flexibility index (Phi) is 9.26. The van der Waals surface area contributed by atoms with Crippen molar-refractivity contribution >= 4 is 23.5 Å². The molecule has 184 valence electrons. The van der Waals surface area contributed by atoms with Gasteiger partial charge in [0, 0.05) is 23.2 Å². The van der Waals surface area contributed by atoms with Crippen molar-refractivity contribution in [1.82, 2.24) is 9.88 Å². The molecule has 0 aliphatic rings. The van der Waals surface area contributed by atoms with Crippen LogP contribution in [0.3, 0.4) is 0 Å². The molecule has 1 unspecified atom stereocenters. The third-order valence-corrected chi connectivity index (χ3v) is 6.33. The van der Waals surface area contributed by atoms with E-state index in [1.807, 2.05) is 44.2 Å². The number of benzene rings is 2. The second-order valence-electron chi connectivity index (χ2n) is 8.75. The van der Waals surface area contributed by atoms with Crippen LogP contribution in [0.4, 0.5) is 0 Å². The number of carboxylic acids is 1. The minimum absolute atomic E-state index is 0.249. The fourth-order valence-electron chi connectivity index (χ4n) is 4.20. The van der Waals surface area contributed by atoms with Gasteiger partial charge in [-0.15, -0.1) is 0 Å². The van der Waals surface area contributed by atoms with Gasteiger partial charge in [0.25, 0.3) is 5.56 Å². The fraction of sp³-hybridized carbons (Fsp3) is 0.321. The SMILES string of the molecule is CCCCC(C(=O)N[C@@H](CC(=O)O)c1ccccc1)n1cc(C)cc(Cc2ccccc2Cl)c1=O. The molecule has 0 saturated heterocycles. The van der Waals surface area contributed by atoms with Crippen LogP contribution in [0.25, 0.3) is 0 Å². The summed E-state index contributed by atoms with van der Waals surface area (Å²) in [6.45, 7) is 3.91. The Labute approximate surface area is 210 Å². The topological polar surface area (TPSA) is 88.4 Å². The standard InChI is InChI=1S/C28H31ClN2O4/c1-3-4-14-25(27(34)30-24(17-26(32)33)20-10-6-5-7-11-20)31-18-19(2)15-22(28(31)35)16-21-12-8-9-13-23(21)29/h5-13,15,18,24-25H,3-4,14,16-17H2,1-2H3,(H,30,34)(H,32,33)/t24-,25?/m0/s1. The predicted octanol–water partition coefficient (Wildman–Crippen LogP) is 5.46. The third-order valence-electron chi connectivity index (χ3n) is 5.96. The van der Waals surface area contributed by atoms with E-state index in [2.05, 4.69) is 5.32 Å². The van der Waals surface area contributed by atoms with E-state index < -0.39 is 18.1 Å². The number of amides is 1. The Hall–Kier alpha value is -3.38. The summed E-state index contributed by atoms with van der Waals surface area (Å²) in [5.74, 6) is -1.39. The first-order valence-corrected chi connectivity index (χ1v) is 12.2. The lowest BCUT2D eigenvalue weighted by Crippen LogP contribution is -2.40. The van der Waals surface area contributed by atoms with Gasteiger partial charge in [0.2, 0.25) is 5.91 Å². The van der Waals surface area contributed by atoms with Crippen molar-refractivity contribution in [3.8, 4) is 0 Å². The number of halogens is 1. The number of aryl methyl sites for hydroxylation is 1. The molecule has 0 aliphatic heterocycles. The summed E-state index contributed by atoms with van der Waals surface area (Å²) in [5, 5.41) is 12.9. The Balaban J connectivity index is 1.97. The molecule has 2 N–H and O–H groups in total. The van der Waals surface area contributed by atoms with Gasteiger partial charge in [0.1, 0.15) is 6.04 Å². The summed E-state index contributed by atoms with van der Waals surface area (Å²) in [7, 11) is 0. The summed E-state index contributed by atoms with van der Waals surface area (Å²) in [4.78, 5) is 38.5. The van der Waals surface area contributed by atoms with E-state index >= 15 is 0 Å². The van der Waals surface area contributed by atoms with Crippen LogP contribution in [0.1, 0.15) is 66.9 Å². The Morgan fingerprint density at radius 2 is 1.74 bits per heavy atom. The zero-order valence-electron chi connectivity index (χ0n) is 20.0. The molecule has 2 atom stereocenters. The van der Waals surface area contributed by atoms with Crippen LogP contribution in [0.5, 0.6) is 0 Å². The predicted molar refractivity (Wildman–Crippen MR) is 138 cm³/mol. The van der Waals surface area contributed by atoms with E-state index in [0.717, 1.165) is 24.0 Å². The number of rotatable bonds is 11. The number of carbonyl (C=O) groups excluding carboxylic acids is 1. The second-order valence-corrected chi connectivity index (χ2v) is 9.16. The van der Waals surface area contributed by atoms with Gasteiger partial charge in [0.15, 0.2) is 0 Å². The van der Waals surface area contributed by atoms with E-state index in [1.54, 1.807) is 36.5 Å². The van der Waals surface area contributed by atoms with Crippen LogP contribution < -0.4 is 10.9 Å². The number of nitrogens with zero attached hydrogens (tertiary/aromatic N) is 1. The average molecular weight is 495 g/mol. The summed E-state index contributed by atoms with van der Waals surface area (Å²) in [5.41, 5.74) is 2.70. The lowest BCUT2D eigenvalue weighted by atomic mass is 10.0. The molecule has 3 aromatic rings. The molecular weight excluding hydrogens is 464 g/mol. The summed E-state index contributed by atoms with van der Waals surface area (Å²) in [6.07, 6.45) is 3.87.